The van der Waals surface area contributed by atoms with Crippen molar-refractivity contribution in [3.05, 3.63) is 46.3 Å². The topological polar surface area (TPSA) is 33.1 Å². The molecule has 0 saturated carbocycles. The van der Waals surface area contributed by atoms with Crippen LogP contribution in [0.1, 0.15) is 16.9 Å². The maximum Gasteiger partial charge on any atom is 0.0963 e. The molecule has 0 aromatic carbocycles. The number of nitrogens with zero attached hydrogens (tertiary/aromatic N) is 1. The Morgan fingerprint density at radius 2 is 2.28 bits per heavy atom. The summed E-state index contributed by atoms with van der Waals surface area (Å²) in [7, 11) is 0. The van der Waals surface area contributed by atoms with E-state index in [0.29, 0.717) is 6.42 Å². The Morgan fingerprint density at radius 3 is 3.06 bits per heavy atom. The number of aromatic nitrogens is 1. The maximum atomic E-state index is 8.70. The molecular formula is C14H13NOS2. The predicted molar refractivity (Wildman–Crippen MR) is 76.7 cm³/mol. The average molecular weight is 275 g/mol. The molecule has 0 aliphatic heterocycles. The van der Waals surface area contributed by atoms with E-state index in [1.54, 1.807) is 29.3 Å². The largest absolute Gasteiger partial charge is 0.395 e. The number of thiophene rings is 1. The van der Waals surface area contributed by atoms with Crippen molar-refractivity contribution in [2.75, 3.05) is 6.61 Å². The van der Waals surface area contributed by atoms with Crippen LogP contribution in [-0.2, 0) is 5.75 Å². The molecule has 0 aliphatic carbocycles. The Balaban J connectivity index is 1.98. The summed E-state index contributed by atoms with van der Waals surface area (Å²) in [6.45, 7) is 0.120. The number of thioether (sulfide) groups is 1. The van der Waals surface area contributed by atoms with E-state index in [4.69, 9.17) is 5.11 Å². The Labute approximate surface area is 115 Å². The van der Waals surface area contributed by atoms with Crippen molar-refractivity contribution in [2.45, 2.75) is 17.2 Å². The first-order valence-corrected chi connectivity index (χ1v) is 7.46. The van der Waals surface area contributed by atoms with Crippen molar-refractivity contribution < 1.29 is 5.11 Å². The van der Waals surface area contributed by atoms with Crippen molar-refractivity contribution in [3.63, 3.8) is 0 Å². The molecule has 0 amide bonds. The zero-order chi connectivity index (χ0) is 12.6. The van der Waals surface area contributed by atoms with Crippen LogP contribution in [0, 0.1) is 11.8 Å². The minimum absolute atomic E-state index is 0.120. The lowest BCUT2D eigenvalue weighted by Gasteiger charge is -1.99. The fraction of sp³-hybridized carbons (Fsp3) is 0.214. The molecule has 0 radical (unpaired) electrons. The summed E-state index contributed by atoms with van der Waals surface area (Å²) in [5.41, 5.74) is 1.07. The van der Waals surface area contributed by atoms with Crippen molar-refractivity contribution >= 4 is 23.1 Å². The summed E-state index contributed by atoms with van der Waals surface area (Å²) in [5, 5.41) is 11.8. The molecule has 0 spiro atoms. The van der Waals surface area contributed by atoms with Gasteiger partial charge >= 0.3 is 0 Å². The van der Waals surface area contributed by atoms with Gasteiger partial charge in [-0.1, -0.05) is 17.9 Å². The van der Waals surface area contributed by atoms with E-state index in [1.807, 2.05) is 24.3 Å². The molecule has 0 fully saturated rings. The Bertz CT molecular complexity index is 540. The fourth-order valence-electron chi connectivity index (χ4n) is 1.35. The molecule has 92 valence electrons. The van der Waals surface area contributed by atoms with E-state index in [9.17, 15) is 0 Å². The molecule has 18 heavy (non-hydrogen) atoms. The number of hydrogen-bond donors (Lipinski definition) is 1. The lowest BCUT2D eigenvalue weighted by atomic mass is 10.2. The quantitative estimate of drug-likeness (QED) is 0.687. The summed E-state index contributed by atoms with van der Waals surface area (Å²) in [4.78, 5) is 5.54. The highest BCUT2D eigenvalue weighted by atomic mass is 32.2. The van der Waals surface area contributed by atoms with Gasteiger partial charge in [-0.25, -0.2) is 4.98 Å². The summed E-state index contributed by atoms with van der Waals surface area (Å²) in [5.74, 6) is 6.94. The van der Waals surface area contributed by atoms with Crippen LogP contribution in [0.3, 0.4) is 0 Å². The smallest absolute Gasteiger partial charge is 0.0963 e. The third-order valence-corrected chi connectivity index (χ3v) is 4.27. The average Bonchev–Trinajstić information content (AvgIpc) is 2.86. The van der Waals surface area contributed by atoms with Crippen LogP contribution in [-0.4, -0.2) is 16.7 Å². The van der Waals surface area contributed by atoms with Gasteiger partial charge in [0.1, 0.15) is 0 Å². The second-order valence-corrected chi connectivity index (χ2v) is 5.49. The van der Waals surface area contributed by atoms with E-state index in [1.165, 1.54) is 4.88 Å². The SMILES string of the molecule is OCCC#Cc1ccsc1CSc1ccccn1. The van der Waals surface area contributed by atoms with Crippen LogP contribution in [0.25, 0.3) is 0 Å². The first-order chi connectivity index (χ1) is 8.90. The Morgan fingerprint density at radius 1 is 1.33 bits per heavy atom. The molecule has 0 bridgehead atoms. The molecule has 2 rings (SSSR count). The van der Waals surface area contributed by atoms with Crippen LogP contribution in [0.2, 0.25) is 0 Å². The highest BCUT2D eigenvalue weighted by Gasteiger charge is 2.03. The van der Waals surface area contributed by atoms with E-state index in [2.05, 4.69) is 22.2 Å². The van der Waals surface area contributed by atoms with Gasteiger partial charge in [0.2, 0.25) is 0 Å². The summed E-state index contributed by atoms with van der Waals surface area (Å²) in [6, 6.07) is 7.95. The first kappa shape index (κ1) is 13.2. The van der Waals surface area contributed by atoms with Gasteiger partial charge in [0.15, 0.2) is 0 Å². The van der Waals surface area contributed by atoms with Crippen LogP contribution in [0.5, 0.6) is 0 Å². The number of hydrogen-bond acceptors (Lipinski definition) is 4. The third kappa shape index (κ3) is 3.88. The van der Waals surface area contributed by atoms with Crippen LogP contribution < -0.4 is 0 Å². The first-order valence-electron chi connectivity index (χ1n) is 5.60. The van der Waals surface area contributed by atoms with Gasteiger partial charge in [0.05, 0.1) is 11.6 Å². The third-order valence-electron chi connectivity index (χ3n) is 2.19. The number of aliphatic hydroxyl groups is 1. The Hall–Kier alpha value is -1.28. The molecule has 0 unspecified atom stereocenters. The molecule has 4 heteroatoms. The van der Waals surface area contributed by atoms with Crippen LogP contribution in [0.15, 0.2) is 40.9 Å². The van der Waals surface area contributed by atoms with Crippen molar-refractivity contribution in [3.8, 4) is 11.8 Å². The monoisotopic (exact) mass is 275 g/mol. The van der Waals surface area contributed by atoms with Gasteiger partial charge in [-0.15, -0.1) is 23.1 Å². The standard InChI is InChI=1S/C14H13NOS2/c16-9-4-2-5-12-7-10-17-13(12)11-18-14-6-1-3-8-15-14/h1,3,6-8,10,16H,4,9,11H2. The number of pyridine rings is 1. The van der Waals surface area contributed by atoms with Gasteiger partial charge in [-0.2, -0.15) is 0 Å². The van der Waals surface area contributed by atoms with Gasteiger partial charge in [0.25, 0.3) is 0 Å². The second kappa shape index (κ2) is 7.22. The molecule has 2 heterocycles. The molecule has 0 saturated heterocycles. The van der Waals surface area contributed by atoms with Crippen molar-refractivity contribution in [2.24, 2.45) is 0 Å². The minimum Gasteiger partial charge on any atom is -0.395 e. The summed E-state index contributed by atoms with van der Waals surface area (Å²) >= 11 is 3.43. The van der Waals surface area contributed by atoms with Gasteiger partial charge in [0, 0.05) is 28.8 Å². The van der Waals surface area contributed by atoms with Crippen LogP contribution >= 0.6 is 23.1 Å². The van der Waals surface area contributed by atoms with E-state index in [-0.39, 0.29) is 6.61 Å². The van der Waals surface area contributed by atoms with E-state index < -0.39 is 0 Å². The predicted octanol–water partition coefficient (Wildman–Crippen LogP) is 3.17. The van der Waals surface area contributed by atoms with Crippen molar-refractivity contribution in [1.29, 1.82) is 0 Å². The second-order valence-electron chi connectivity index (χ2n) is 3.49. The molecule has 2 nitrogen and oxygen atoms in total. The summed E-state index contributed by atoms with van der Waals surface area (Å²) in [6.07, 6.45) is 2.33. The highest BCUT2D eigenvalue weighted by Crippen LogP contribution is 2.25. The minimum atomic E-state index is 0.120. The lowest BCUT2D eigenvalue weighted by Crippen LogP contribution is -1.83. The molecule has 0 atom stereocenters. The van der Waals surface area contributed by atoms with Crippen molar-refractivity contribution in [1.82, 2.24) is 4.98 Å². The normalized spacial score (nSPS) is 9.83. The zero-order valence-electron chi connectivity index (χ0n) is 9.80. The van der Waals surface area contributed by atoms with Crippen LogP contribution in [0.4, 0.5) is 0 Å². The molecule has 2 aromatic heterocycles. The lowest BCUT2D eigenvalue weighted by molar-refractivity contribution is 0.305. The van der Waals surface area contributed by atoms with Gasteiger partial charge in [-0.3, -0.25) is 0 Å². The highest BCUT2D eigenvalue weighted by molar-refractivity contribution is 7.98. The molecular weight excluding hydrogens is 262 g/mol. The molecule has 2 aromatic rings. The van der Waals surface area contributed by atoms with Gasteiger partial charge < -0.3 is 5.11 Å². The van der Waals surface area contributed by atoms with Gasteiger partial charge in [-0.05, 0) is 23.6 Å². The number of rotatable bonds is 4. The molecule has 0 aliphatic rings. The Kier molecular flexibility index (Phi) is 5.28. The number of aliphatic hydroxyl groups excluding tert-OH is 1. The maximum absolute atomic E-state index is 8.70. The van der Waals surface area contributed by atoms with E-state index >= 15 is 0 Å². The zero-order valence-corrected chi connectivity index (χ0v) is 11.4. The van der Waals surface area contributed by atoms with E-state index in [0.717, 1.165) is 16.3 Å². The fourth-order valence-corrected chi connectivity index (χ4v) is 3.16. The molecule has 1 N–H and O–H groups in total. The summed E-state index contributed by atoms with van der Waals surface area (Å²) < 4.78 is 0.